The average Bonchev–Trinajstić information content (AvgIpc) is 3.21. The SMILES string of the molecule is CCn1nnnc1COc1ccc(C(=O)Nc2cnn(C)c2)cc1. The van der Waals surface area contributed by atoms with Crippen molar-refractivity contribution in [1.29, 1.82) is 0 Å². The maximum absolute atomic E-state index is 12.1. The minimum atomic E-state index is -0.204. The normalized spacial score (nSPS) is 10.6. The number of nitrogens with one attached hydrogen (secondary N) is 1. The largest absolute Gasteiger partial charge is 0.486 e. The van der Waals surface area contributed by atoms with Crippen molar-refractivity contribution in [2.45, 2.75) is 20.1 Å². The van der Waals surface area contributed by atoms with Crippen LogP contribution in [0, 0.1) is 0 Å². The van der Waals surface area contributed by atoms with Crippen LogP contribution in [0.5, 0.6) is 5.75 Å². The van der Waals surface area contributed by atoms with Gasteiger partial charge in [-0.2, -0.15) is 5.10 Å². The second-order valence-corrected chi connectivity index (χ2v) is 5.08. The molecule has 2 heterocycles. The van der Waals surface area contributed by atoms with E-state index < -0.39 is 0 Å². The Morgan fingerprint density at radius 3 is 2.75 bits per heavy atom. The molecule has 0 aliphatic rings. The van der Waals surface area contributed by atoms with E-state index in [4.69, 9.17) is 4.74 Å². The number of anilines is 1. The van der Waals surface area contributed by atoms with E-state index in [9.17, 15) is 4.79 Å². The van der Waals surface area contributed by atoms with E-state index in [0.717, 1.165) is 0 Å². The molecule has 0 atom stereocenters. The summed E-state index contributed by atoms with van der Waals surface area (Å²) in [6, 6.07) is 6.87. The van der Waals surface area contributed by atoms with Crippen molar-refractivity contribution in [1.82, 2.24) is 30.0 Å². The number of aromatic nitrogens is 6. The molecule has 0 unspecified atom stereocenters. The Morgan fingerprint density at radius 2 is 2.08 bits per heavy atom. The molecule has 9 nitrogen and oxygen atoms in total. The van der Waals surface area contributed by atoms with Gasteiger partial charge in [0.25, 0.3) is 5.91 Å². The number of aryl methyl sites for hydroxylation is 2. The van der Waals surface area contributed by atoms with Crippen molar-refractivity contribution >= 4 is 11.6 Å². The smallest absolute Gasteiger partial charge is 0.255 e. The van der Waals surface area contributed by atoms with Crippen LogP contribution in [0.25, 0.3) is 0 Å². The number of hydrogen-bond donors (Lipinski definition) is 1. The molecule has 0 spiro atoms. The standard InChI is InChI=1S/C15H17N7O2/c1-3-22-14(18-19-20-22)10-24-13-6-4-11(5-7-13)15(23)17-12-8-16-21(2)9-12/h4-9H,3,10H2,1-2H3,(H,17,23). The van der Waals surface area contributed by atoms with Crippen LogP contribution in [0.15, 0.2) is 36.7 Å². The van der Waals surface area contributed by atoms with Gasteiger partial charge in [0.15, 0.2) is 5.82 Å². The number of nitrogens with zero attached hydrogens (tertiary/aromatic N) is 6. The summed E-state index contributed by atoms with van der Waals surface area (Å²) in [4.78, 5) is 12.1. The van der Waals surface area contributed by atoms with Gasteiger partial charge in [-0.1, -0.05) is 0 Å². The van der Waals surface area contributed by atoms with Crippen molar-refractivity contribution < 1.29 is 9.53 Å². The Labute approximate surface area is 138 Å². The number of amides is 1. The quantitative estimate of drug-likeness (QED) is 0.731. The third kappa shape index (κ3) is 3.57. The molecule has 0 fully saturated rings. The molecule has 24 heavy (non-hydrogen) atoms. The second kappa shape index (κ2) is 6.90. The lowest BCUT2D eigenvalue weighted by molar-refractivity contribution is 0.102. The number of benzene rings is 1. The van der Waals surface area contributed by atoms with Gasteiger partial charge in [0.2, 0.25) is 0 Å². The fraction of sp³-hybridized carbons (Fsp3) is 0.267. The highest BCUT2D eigenvalue weighted by Gasteiger charge is 2.09. The van der Waals surface area contributed by atoms with Crippen LogP contribution in [0.2, 0.25) is 0 Å². The van der Waals surface area contributed by atoms with Crippen LogP contribution < -0.4 is 10.1 Å². The lowest BCUT2D eigenvalue weighted by Crippen LogP contribution is -2.11. The highest BCUT2D eigenvalue weighted by molar-refractivity contribution is 6.04. The topological polar surface area (TPSA) is 99.8 Å². The van der Waals surface area contributed by atoms with Crippen LogP contribution in [0.1, 0.15) is 23.1 Å². The van der Waals surface area contributed by atoms with Crippen LogP contribution in [-0.2, 0) is 20.2 Å². The Hall–Kier alpha value is -3.23. The summed E-state index contributed by atoms with van der Waals surface area (Å²) in [6.45, 7) is 2.90. The number of rotatable bonds is 6. The maximum atomic E-state index is 12.1. The van der Waals surface area contributed by atoms with Gasteiger partial charge in [-0.3, -0.25) is 9.48 Å². The number of hydrogen-bond acceptors (Lipinski definition) is 6. The van der Waals surface area contributed by atoms with Gasteiger partial charge in [0, 0.05) is 25.4 Å². The van der Waals surface area contributed by atoms with Gasteiger partial charge in [-0.15, -0.1) is 5.10 Å². The van der Waals surface area contributed by atoms with Crippen LogP contribution >= 0.6 is 0 Å². The first-order chi connectivity index (χ1) is 11.7. The van der Waals surface area contributed by atoms with E-state index >= 15 is 0 Å². The summed E-state index contributed by atoms with van der Waals surface area (Å²) < 4.78 is 8.92. The van der Waals surface area contributed by atoms with Crippen LogP contribution in [0.3, 0.4) is 0 Å². The molecule has 3 aromatic rings. The minimum Gasteiger partial charge on any atom is -0.486 e. The summed E-state index contributed by atoms with van der Waals surface area (Å²) >= 11 is 0. The molecular weight excluding hydrogens is 310 g/mol. The van der Waals surface area contributed by atoms with E-state index in [2.05, 4.69) is 25.9 Å². The van der Waals surface area contributed by atoms with Gasteiger partial charge in [0.1, 0.15) is 12.4 Å². The number of carbonyl (C=O) groups is 1. The van der Waals surface area contributed by atoms with E-state index in [-0.39, 0.29) is 12.5 Å². The second-order valence-electron chi connectivity index (χ2n) is 5.08. The van der Waals surface area contributed by atoms with Gasteiger partial charge in [-0.05, 0) is 41.6 Å². The summed E-state index contributed by atoms with van der Waals surface area (Å²) in [6.07, 6.45) is 3.32. The van der Waals surface area contributed by atoms with Crippen molar-refractivity contribution in [2.24, 2.45) is 7.05 Å². The number of carbonyl (C=O) groups excluding carboxylic acids is 1. The molecule has 124 valence electrons. The van der Waals surface area contributed by atoms with Gasteiger partial charge >= 0.3 is 0 Å². The Balaban J connectivity index is 1.59. The number of ether oxygens (including phenoxy) is 1. The molecule has 0 bridgehead atoms. The predicted molar refractivity (Wildman–Crippen MR) is 85.4 cm³/mol. The first-order valence-corrected chi connectivity index (χ1v) is 7.43. The van der Waals surface area contributed by atoms with E-state index in [1.54, 1.807) is 53.1 Å². The average molecular weight is 327 g/mol. The predicted octanol–water partition coefficient (Wildman–Crippen LogP) is 1.26. The Morgan fingerprint density at radius 1 is 1.29 bits per heavy atom. The van der Waals surface area contributed by atoms with Gasteiger partial charge in [0.05, 0.1) is 11.9 Å². The zero-order valence-electron chi connectivity index (χ0n) is 13.4. The molecule has 1 N–H and O–H groups in total. The summed E-state index contributed by atoms with van der Waals surface area (Å²) in [7, 11) is 1.79. The molecule has 3 rings (SSSR count). The Bertz CT molecular complexity index is 822. The van der Waals surface area contributed by atoms with Crippen molar-refractivity contribution in [3.05, 3.63) is 48.0 Å². The fourth-order valence-corrected chi connectivity index (χ4v) is 2.11. The summed E-state index contributed by atoms with van der Waals surface area (Å²) in [5, 5.41) is 18.1. The molecule has 1 aromatic carbocycles. The highest BCUT2D eigenvalue weighted by Crippen LogP contribution is 2.15. The maximum Gasteiger partial charge on any atom is 0.255 e. The molecule has 2 aromatic heterocycles. The molecule has 9 heteroatoms. The van der Waals surface area contributed by atoms with Crippen LogP contribution in [-0.4, -0.2) is 35.9 Å². The van der Waals surface area contributed by atoms with E-state index in [1.807, 2.05) is 6.92 Å². The third-order valence-electron chi connectivity index (χ3n) is 3.35. The molecule has 0 radical (unpaired) electrons. The van der Waals surface area contributed by atoms with E-state index in [1.165, 1.54) is 0 Å². The fourth-order valence-electron chi connectivity index (χ4n) is 2.11. The molecule has 0 saturated carbocycles. The van der Waals surface area contributed by atoms with Crippen molar-refractivity contribution in [2.75, 3.05) is 5.32 Å². The highest BCUT2D eigenvalue weighted by atomic mass is 16.5. The summed E-state index contributed by atoms with van der Waals surface area (Å²) in [5.74, 6) is 1.08. The molecule has 0 aliphatic carbocycles. The molecular formula is C15H17N7O2. The third-order valence-corrected chi connectivity index (χ3v) is 3.35. The monoisotopic (exact) mass is 327 g/mol. The van der Waals surface area contributed by atoms with E-state index in [0.29, 0.717) is 29.4 Å². The van der Waals surface area contributed by atoms with Gasteiger partial charge in [-0.25, -0.2) is 4.68 Å². The Kier molecular flexibility index (Phi) is 4.50. The molecule has 0 aliphatic heterocycles. The van der Waals surface area contributed by atoms with Crippen molar-refractivity contribution in [3.63, 3.8) is 0 Å². The zero-order chi connectivity index (χ0) is 16.9. The number of tetrazole rings is 1. The lowest BCUT2D eigenvalue weighted by atomic mass is 10.2. The minimum absolute atomic E-state index is 0.204. The first kappa shape index (κ1) is 15.7. The molecule has 1 amide bonds. The summed E-state index contributed by atoms with van der Waals surface area (Å²) in [5.41, 5.74) is 1.18. The zero-order valence-corrected chi connectivity index (χ0v) is 13.4. The lowest BCUT2D eigenvalue weighted by Gasteiger charge is -2.07. The van der Waals surface area contributed by atoms with Crippen molar-refractivity contribution in [3.8, 4) is 5.75 Å². The van der Waals surface area contributed by atoms with Crippen LogP contribution in [0.4, 0.5) is 5.69 Å². The first-order valence-electron chi connectivity index (χ1n) is 7.43. The van der Waals surface area contributed by atoms with Gasteiger partial charge < -0.3 is 10.1 Å². The molecule has 0 saturated heterocycles.